The summed E-state index contributed by atoms with van der Waals surface area (Å²) in [6, 6.07) is 10.6. The number of hydrogen-bond acceptors (Lipinski definition) is 3. The van der Waals surface area contributed by atoms with E-state index in [0.29, 0.717) is 5.56 Å². The van der Waals surface area contributed by atoms with E-state index in [1.165, 1.54) is 12.1 Å². The van der Waals surface area contributed by atoms with Crippen molar-refractivity contribution < 1.29 is 22.7 Å². The summed E-state index contributed by atoms with van der Waals surface area (Å²) in [5.41, 5.74) is 1.36. The van der Waals surface area contributed by atoms with Crippen LogP contribution in [0.25, 0.3) is 0 Å². The predicted octanol–water partition coefficient (Wildman–Crippen LogP) is 2.72. The van der Waals surface area contributed by atoms with Gasteiger partial charge in [-0.05, 0) is 35.7 Å². The fourth-order valence-electron chi connectivity index (χ4n) is 2.36. The molecule has 7 heteroatoms. The molecule has 0 saturated heterocycles. The number of anilines is 1. The van der Waals surface area contributed by atoms with Crippen molar-refractivity contribution in [2.75, 3.05) is 11.0 Å². The number of carbonyl (C=O) groups is 1. The van der Waals surface area contributed by atoms with Crippen LogP contribution in [0.1, 0.15) is 22.6 Å². The summed E-state index contributed by atoms with van der Waals surface area (Å²) in [7, 11) is -3.61. The number of aliphatic carboxylic acids is 1. The summed E-state index contributed by atoms with van der Waals surface area (Å²) in [5, 5.41) is 9.52. The van der Waals surface area contributed by atoms with Crippen LogP contribution in [0, 0.1) is 12.7 Å². The molecule has 2 N–H and O–H groups in total. The number of carboxylic acids is 1. The minimum absolute atomic E-state index is 0.217. The Balaban J connectivity index is 2.48. The summed E-state index contributed by atoms with van der Waals surface area (Å²) in [4.78, 5) is 11.6. The van der Waals surface area contributed by atoms with E-state index in [2.05, 4.69) is 0 Å². The normalized spacial score (nSPS) is 12.7. The van der Waals surface area contributed by atoms with Crippen LogP contribution in [0.2, 0.25) is 0 Å². The average molecular weight is 337 g/mol. The summed E-state index contributed by atoms with van der Waals surface area (Å²) >= 11 is 0. The van der Waals surface area contributed by atoms with Gasteiger partial charge in [-0.1, -0.05) is 30.3 Å². The molecular weight excluding hydrogens is 321 g/mol. The monoisotopic (exact) mass is 337 g/mol. The van der Waals surface area contributed by atoms with Gasteiger partial charge >= 0.3 is 5.97 Å². The Hall–Kier alpha value is -2.41. The summed E-state index contributed by atoms with van der Waals surface area (Å²) in [6.07, 6.45) is 0.910. The molecule has 0 aliphatic rings. The Morgan fingerprint density at radius 1 is 1.22 bits per heavy atom. The molecule has 0 amide bonds. The van der Waals surface area contributed by atoms with Gasteiger partial charge in [0.2, 0.25) is 10.0 Å². The van der Waals surface area contributed by atoms with E-state index >= 15 is 0 Å². The second-order valence-electron chi connectivity index (χ2n) is 5.24. The Kier molecular flexibility index (Phi) is 4.70. The summed E-state index contributed by atoms with van der Waals surface area (Å²) in [5.74, 6) is -2.96. The molecule has 0 aliphatic heterocycles. The second-order valence-corrected chi connectivity index (χ2v) is 6.99. The molecule has 0 heterocycles. The number of nitrogens with one attached hydrogen (secondary N) is 1. The number of hydrogen-bond donors (Lipinski definition) is 2. The van der Waals surface area contributed by atoms with Crippen molar-refractivity contribution in [3.63, 3.8) is 0 Å². The molecular formula is C16H16FNO4S. The van der Waals surface area contributed by atoms with Gasteiger partial charge in [0.1, 0.15) is 11.7 Å². The molecule has 2 aromatic rings. The van der Waals surface area contributed by atoms with Gasteiger partial charge in [-0.3, -0.25) is 9.52 Å². The quantitative estimate of drug-likeness (QED) is 0.879. The zero-order valence-electron chi connectivity index (χ0n) is 12.6. The number of benzene rings is 2. The highest BCUT2D eigenvalue weighted by Crippen LogP contribution is 2.30. The largest absolute Gasteiger partial charge is 0.481 e. The second kappa shape index (κ2) is 6.37. The Morgan fingerprint density at radius 3 is 2.39 bits per heavy atom. The lowest BCUT2D eigenvalue weighted by atomic mass is 9.88. The summed E-state index contributed by atoms with van der Waals surface area (Å²) < 4.78 is 38.5. The smallest absolute Gasteiger partial charge is 0.315 e. The minimum Gasteiger partial charge on any atom is -0.481 e. The fraction of sp³-hybridized carbons (Fsp3) is 0.188. The highest BCUT2D eigenvalue weighted by molar-refractivity contribution is 7.92. The third kappa shape index (κ3) is 4.07. The zero-order chi connectivity index (χ0) is 17.2. The van der Waals surface area contributed by atoms with Crippen molar-refractivity contribution in [2.45, 2.75) is 12.8 Å². The van der Waals surface area contributed by atoms with Crippen LogP contribution in [0.15, 0.2) is 42.5 Å². The predicted molar refractivity (Wildman–Crippen MR) is 85.5 cm³/mol. The standard InChI is InChI=1S/C16H16FNO4S/c1-10-5-3-4-6-12(10)15(16(19)20)11-7-8-14(13(17)9-11)18-23(2,21)22/h3-9,15,18H,1-2H3,(H,19,20). The van der Waals surface area contributed by atoms with Gasteiger partial charge in [-0.25, -0.2) is 12.8 Å². The number of aryl methyl sites for hydroxylation is 1. The lowest BCUT2D eigenvalue weighted by Crippen LogP contribution is -2.15. The van der Waals surface area contributed by atoms with E-state index in [1.54, 1.807) is 31.2 Å². The first-order valence-electron chi connectivity index (χ1n) is 6.74. The molecule has 0 radical (unpaired) electrons. The maximum absolute atomic E-state index is 14.1. The lowest BCUT2D eigenvalue weighted by molar-refractivity contribution is -0.137. The molecule has 5 nitrogen and oxygen atoms in total. The molecule has 2 aromatic carbocycles. The lowest BCUT2D eigenvalue weighted by Gasteiger charge is -2.16. The van der Waals surface area contributed by atoms with E-state index in [4.69, 9.17) is 0 Å². The third-order valence-electron chi connectivity index (χ3n) is 3.37. The molecule has 0 bridgehead atoms. The number of sulfonamides is 1. The molecule has 0 aromatic heterocycles. The van der Waals surface area contributed by atoms with Crippen LogP contribution in [0.3, 0.4) is 0 Å². The molecule has 0 fully saturated rings. The van der Waals surface area contributed by atoms with Gasteiger partial charge in [0, 0.05) is 0 Å². The van der Waals surface area contributed by atoms with Crippen molar-refractivity contribution in [3.8, 4) is 0 Å². The van der Waals surface area contributed by atoms with E-state index in [1.807, 2.05) is 4.72 Å². The molecule has 1 unspecified atom stereocenters. The number of halogens is 1. The van der Waals surface area contributed by atoms with Crippen LogP contribution in [0.5, 0.6) is 0 Å². The number of carboxylic acid groups (broad SMARTS) is 1. The van der Waals surface area contributed by atoms with Crippen molar-refractivity contribution in [1.29, 1.82) is 0 Å². The molecule has 23 heavy (non-hydrogen) atoms. The maximum Gasteiger partial charge on any atom is 0.315 e. The van der Waals surface area contributed by atoms with Crippen molar-refractivity contribution >= 4 is 21.7 Å². The SMILES string of the molecule is Cc1ccccc1C(C(=O)O)c1ccc(NS(C)(=O)=O)c(F)c1. The van der Waals surface area contributed by atoms with Crippen molar-refractivity contribution in [2.24, 2.45) is 0 Å². The van der Waals surface area contributed by atoms with E-state index < -0.39 is 27.7 Å². The molecule has 0 saturated carbocycles. The van der Waals surface area contributed by atoms with Crippen LogP contribution >= 0.6 is 0 Å². The van der Waals surface area contributed by atoms with Crippen LogP contribution in [-0.4, -0.2) is 25.7 Å². The highest BCUT2D eigenvalue weighted by atomic mass is 32.2. The molecule has 122 valence electrons. The van der Waals surface area contributed by atoms with E-state index in [-0.39, 0.29) is 11.3 Å². The van der Waals surface area contributed by atoms with Crippen LogP contribution in [-0.2, 0) is 14.8 Å². The maximum atomic E-state index is 14.1. The van der Waals surface area contributed by atoms with Crippen molar-refractivity contribution in [3.05, 3.63) is 65.0 Å². The van der Waals surface area contributed by atoms with Crippen molar-refractivity contribution in [1.82, 2.24) is 0 Å². The Morgan fingerprint density at radius 2 is 1.87 bits per heavy atom. The minimum atomic E-state index is -3.61. The first-order valence-corrected chi connectivity index (χ1v) is 8.64. The third-order valence-corrected chi connectivity index (χ3v) is 3.96. The molecule has 0 spiro atoms. The first kappa shape index (κ1) is 17.0. The van der Waals surface area contributed by atoms with Crippen LogP contribution < -0.4 is 4.72 Å². The van der Waals surface area contributed by atoms with E-state index in [9.17, 15) is 22.7 Å². The van der Waals surface area contributed by atoms with Crippen LogP contribution in [0.4, 0.5) is 10.1 Å². The Labute approximate surface area is 133 Å². The van der Waals surface area contributed by atoms with Gasteiger partial charge in [-0.2, -0.15) is 0 Å². The number of rotatable bonds is 5. The van der Waals surface area contributed by atoms with E-state index in [0.717, 1.165) is 17.9 Å². The van der Waals surface area contributed by atoms with Gasteiger partial charge in [0.25, 0.3) is 0 Å². The van der Waals surface area contributed by atoms with Gasteiger partial charge in [0.15, 0.2) is 0 Å². The molecule has 1 atom stereocenters. The Bertz CT molecular complexity index is 849. The van der Waals surface area contributed by atoms with Gasteiger partial charge in [-0.15, -0.1) is 0 Å². The highest BCUT2D eigenvalue weighted by Gasteiger charge is 2.24. The molecule has 2 rings (SSSR count). The first-order chi connectivity index (χ1) is 10.7. The van der Waals surface area contributed by atoms with Gasteiger partial charge < -0.3 is 5.11 Å². The summed E-state index contributed by atoms with van der Waals surface area (Å²) in [6.45, 7) is 1.78. The van der Waals surface area contributed by atoms with Gasteiger partial charge in [0.05, 0.1) is 11.9 Å². The fourth-order valence-corrected chi connectivity index (χ4v) is 2.92. The zero-order valence-corrected chi connectivity index (χ0v) is 13.4. The molecule has 0 aliphatic carbocycles. The average Bonchev–Trinajstić information content (AvgIpc) is 2.42. The topological polar surface area (TPSA) is 83.5 Å².